The number of hydrogen-bond acceptors (Lipinski definition) is 4. The van der Waals surface area contributed by atoms with Crippen LogP contribution in [0.3, 0.4) is 0 Å². The van der Waals surface area contributed by atoms with Crippen molar-refractivity contribution < 1.29 is 18.3 Å². The molecule has 1 aliphatic rings. The van der Waals surface area contributed by atoms with E-state index in [4.69, 9.17) is 10.4 Å². The van der Waals surface area contributed by atoms with E-state index in [9.17, 15) is 13.2 Å². The Hall–Kier alpha value is -1.91. The molecular formula is C14H16N2O4S. The van der Waals surface area contributed by atoms with E-state index in [0.29, 0.717) is 0 Å². The quantitative estimate of drug-likeness (QED) is 0.898. The van der Waals surface area contributed by atoms with Crippen molar-refractivity contribution in [2.24, 2.45) is 11.8 Å². The molecule has 112 valence electrons. The van der Waals surface area contributed by atoms with Crippen molar-refractivity contribution in [3.63, 3.8) is 0 Å². The Bertz CT molecular complexity index is 676. The van der Waals surface area contributed by atoms with E-state index in [2.05, 4.69) is 0 Å². The number of nitriles is 1. The predicted octanol–water partition coefficient (Wildman–Crippen LogP) is 1.09. The summed E-state index contributed by atoms with van der Waals surface area (Å²) in [6.07, 6.45) is 0.224. The van der Waals surface area contributed by atoms with Crippen molar-refractivity contribution in [3.8, 4) is 6.07 Å². The second kappa shape index (κ2) is 5.84. The van der Waals surface area contributed by atoms with Gasteiger partial charge in [0.1, 0.15) is 0 Å². The van der Waals surface area contributed by atoms with Crippen LogP contribution in [0.5, 0.6) is 0 Å². The lowest BCUT2D eigenvalue weighted by Gasteiger charge is -2.16. The highest BCUT2D eigenvalue weighted by Gasteiger charge is 2.40. The molecular weight excluding hydrogens is 292 g/mol. The lowest BCUT2D eigenvalue weighted by molar-refractivity contribution is -0.142. The average molecular weight is 308 g/mol. The number of aliphatic carboxylic acids is 1. The number of nitrogens with zero attached hydrogens (tertiary/aromatic N) is 2. The van der Waals surface area contributed by atoms with Gasteiger partial charge in [0.25, 0.3) is 0 Å². The Balaban J connectivity index is 2.23. The van der Waals surface area contributed by atoms with Gasteiger partial charge in [0.15, 0.2) is 0 Å². The van der Waals surface area contributed by atoms with Crippen LogP contribution in [0.1, 0.15) is 12.5 Å². The van der Waals surface area contributed by atoms with Crippen LogP contribution in [0.25, 0.3) is 0 Å². The van der Waals surface area contributed by atoms with Gasteiger partial charge in [-0.05, 0) is 23.6 Å². The molecule has 0 spiro atoms. The van der Waals surface area contributed by atoms with E-state index in [1.54, 1.807) is 19.1 Å². The molecule has 2 atom stereocenters. The summed E-state index contributed by atoms with van der Waals surface area (Å²) >= 11 is 0. The molecule has 7 heteroatoms. The topological polar surface area (TPSA) is 98.5 Å². The fraction of sp³-hybridized carbons (Fsp3) is 0.429. The first-order valence-corrected chi connectivity index (χ1v) is 7.99. The summed E-state index contributed by atoms with van der Waals surface area (Å²) in [5.74, 6) is -1.85. The molecule has 0 aromatic heterocycles. The molecule has 1 aromatic rings. The van der Waals surface area contributed by atoms with Gasteiger partial charge in [-0.15, -0.1) is 0 Å². The minimum Gasteiger partial charge on any atom is -0.481 e. The Labute approximate surface area is 123 Å². The summed E-state index contributed by atoms with van der Waals surface area (Å²) in [5, 5.41) is 17.7. The SMILES string of the molecule is C[C@@H]1CN(S(=O)(=O)c2ccc(CC#N)cc2)C[C@H]1C(=O)O. The average Bonchev–Trinajstić information content (AvgIpc) is 2.83. The standard InChI is InChI=1S/C14H16N2O4S/c1-10-8-16(9-13(10)14(17)18)21(19,20)12-4-2-11(3-5-12)6-7-15/h2-5,10,13H,6,8-9H2,1H3,(H,17,18)/t10-,13-/m1/s1. The molecule has 1 N–H and O–H groups in total. The van der Waals surface area contributed by atoms with Crippen LogP contribution in [0, 0.1) is 23.2 Å². The van der Waals surface area contributed by atoms with Crippen LogP contribution in [-0.2, 0) is 21.2 Å². The van der Waals surface area contributed by atoms with Crippen molar-refractivity contribution in [1.82, 2.24) is 4.31 Å². The van der Waals surface area contributed by atoms with Gasteiger partial charge in [0.05, 0.1) is 23.3 Å². The third-order valence-corrected chi connectivity index (χ3v) is 5.59. The van der Waals surface area contributed by atoms with Gasteiger partial charge in [-0.1, -0.05) is 19.1 Å². The van der Waals surface area contributed by atoms with E-state index < -0.39 is 21.9 Å². The van der Waals surface area contributed by atoms with E-state index in [1.165, 1.54) is 16.4 Å². The maximum absolute atomic E-state index is 12.5. The van der Waals surface area contributed by atoms with Gasteiger partial charge in [0, 0.05) is 13.1 Å². The second-order valence-corrected chi connectivity index (χ2v) is 7.16. The normalized spacial score (nSPS) is 22.9. The summed E-state index contributed by atoms with van der Waals surface area (Å²) < 4.78 is 26.2. The van der Waals surface area contributed by atoms with Crippen molar-refractivity contribution in [2.75, 3.05) is 13.1 Å². The number of hydrogen-bond donors (Lipinski definition) is 1. The fourth-order valence-electron chi connectivity index (χ4n) is 2.46. The molecule has 1 aromatic carbocycles. The molecule has 1 heterocycles. The van der Waals surface area contributed by atoms with Crippen molar-refractivity contribution >= 4 is 16.0 Å². The van der Waals surface area contributed by atoms with Gasteiger partial charge < -0.3 is 5.11 Å². The molecule has 21 heavy (non-hydrogen) atoms. The summed E-state index contributed by atoms with van der Waals surface area (Å²) in [4.78, 5) is 11.2. The lowest BCUT2D eigenvalue weighted by atomic mass is 9.99. The highest BCUT2D eigenvalue weighted by molar-refractivity contribution is 7.89. The van der Waals surface area contributed by atoms with E-state index in [-0.39, 0.29) is 30.3 Å². The molecule has 6 nitrogen and oxygen atoms in total. The highest BCUT2D eigenvalue weighted by atomic mass is 32.2. The highest BCUT2D eigenvalue weighted by Crippen LogP contribution is 2.28. The molecule has 0 radical (unpaired) electrons. The van der Waals surface area contributed by atoms with Crippen molar-refractivity contribution in [1.29, 1.82) is 5.26 Å². The molecule has 1 fully saturated rings. The van der Waals surface area contributed by atoms with E-state index >= 15 is 0 Å². The first-order chi connectivity index (χ1) is 9.86. The van der Waals surface area contributed by atoms with Gasteiger partial charge in [-0.2, -0.15) is 9.57 Å². The van der Waals surface area contributed by atoms with Crippen LogP contribution < -0.4 is 0 Å². The Morgan fingerprint density at radius 1 is 1.38 bits per heavy atom. The second-order valence-electron chi connectivity index (χ2n) is 5.22. The number of carboxylic acids is 1. The first-order valence-electron chi connectivity index (χ1n) is 6.55. The Morgan fingerprint density at radius 3 is 2.48 bits per heavy atom. The van der Waals surface area contributed by atoms with Crippen LogP contribution in [-0.4, -0.2) is 36.9 Å². The Kier molecular flexibility index (Phi) is 4.30. The third kappa shape index (κ3) is 3.06. The summed E-state index contributed by atoms with van der Waals surface area (Å²) in [7, 11) is -3.68. The van der Waals surface area contributed by atoms with Gasteiger partial charge >= 0.3 is 5.97 Å². The van der Waals surface area contributed by atoms with Gasteiger partial charge in [0.2, 0.25) is 10.0 Å². The smallest absolute Gasteiger partial charge is 0.308 e. The van der Waals surface area contributed by atoms with Crippen LogP contribution >= 0.6 is 0 Å². The largest absolute Gasteiger partial charge is 0.481 e. The van der Waals surface area contributed by atoms with Crippen LogP contribution in [0.2, 0.25) is 0 Å². The number of benzene rings is 1. The zero-order valence-electron chi connectivity index (χ0n) is 11.6. The molecule has 1 saturated heterocycles. The first kappa shape index (κ1) is 15.5. The van der Waals surface area contributed by atoms with Crippen LogP contribution in [0.4, 0.5) is 0 Å². The van der Waals surface area contributed by atoms with E-state index in [1.807, 2.05) is 6.07 Å². The zero-order chi connectivity index (χ0) is 15.6. The Morgan fingerprint density at radius 2 is 2.00 bits per heavy atom. The zero-order valence-corrected chi connectivity index (χ0v) is 12.4. The minimum atomic E-state index is -3.68. The number of carboxylic acid groups (broad SMARTS) is 1. The fourth-order valence-corrected chi connectivity index (χ4v) is 4.03. The lowest BCUT2D eigenvalue weighted by Crippen LogP contribution is -2.30. The van der Waals surface area contributed by atoms with Crippen LogP contribution in [0.15, 0.2) is 29.2 Å². The number of rotatable bonds is 4. The number of sulfonamides is 1. The molecule has 2 rings (SSSR count). The molecule has 0 bridgehead atoms. The van der Waals surface area contributed by atoms with Crippen molar-refractivity contribution in [3.05, 3.63) is 29.8 Å². The van der Waals surface area contributed by atoms with Gasteiger partial charge in [-0.25, -0.2) is 8.42 Å². The van der Waals surface area contributed by atoms with Crippen molar-refractivity contribution in [2.45, 2.75) is 18.2 Å². The number of carbonyl (C=O) groups is 1. The predicted molar refractivity (Wildman–Crippen MR) is 74.8 cm³/mol. The summed E-state index contributed by atoms with van der Waals surface area (Å²) in [6, 6.07) is 8.12. The molecule has 0 amide bonds. The molecule has 1 aliphatic heterocycles. The third-order valence-electron chi connectivity index (χ3n) is 3.74. The van der Waals surface area contributed by atoms with Gasteiger partial charge in [-0.3, -0.25) is 4.79 Å². The molecule has 0 unspecified atom stereocenters. The maximum Gasteiger partial charge on any atom is 0.308 e. The summed E-state index contributed by atoms with van der Waals surface area (Å²) in [5.41, 5.74) is 0.745. The molecule has 0 saturated carbocycles. The maximum atomic E-state index is 12.5. The van der Waals surface area contributed by atoms with E-state index in [0.717, 1.165) is 5.56 Å². The molecule has 0 aliphatic carbocycles. The minimum absolute atomic E-state index is 0.00121. The summed E-state index contributed by atoms with van der Waals surface area (Å²) in [6.45, 7) is 1.95. The monoisotopic (exact) mass is 308 g/mol.